The standard InChI is InChI=1S/C27H27N5O4/c1-17-3-5-19(6-4-17)23-15-22(25-18(2)31-36-27(25)30-23)26(34)29-21-9-7-20(8-10-21)28-24(33)16-32-11-13-35-14-12-32/h3-10,15H,11-14,16H2,1-2H3,(H,28,33)(H,29,34). The average Bonchev–Trinajstić information content (AvgIpc) is 3.26. The van der Waals surface area contributed by atoms with E-state index in [2.05, 4.69) is 25.7 Å². The van der Waals surface area contributed by atoms with E-state index in [0.29, 0.717) is 59.2 Å². The average molecular weight is 486 g/mol. The van der Waals surface area contributed by atoms with Crippen LogP contribution in [-0.2, 0) is 9.53 Å². The number of hydrogen-bond donors (Lipinski definition) is 2. The lowest BCUT2D eigenvalue weighted by atomic mass is 10.0. The number of nitrogens with one attached hydrogen (secondary N) is 2. The van der Waals surface area contributed by atoms with Gasteiger partial charge in [0.1, 0.15) is 0 Å². The molecule has 1 saturated heterocycles. The lowest BCUT2D eigenvalue weighted by Crippen LogP contribution is -2.41. The van der Waals surface area contributed by atoms with Crippen molar-refractivity contribution in [3.63, 3.8) is 0 Å². The topological polar surface area (TPSA) is 110 Å². The third-order valence-corrected chi connectivity index (χ3v) is 6.11. The van der Waals surface area contributed by atoms with Gasteiger partial charge in [0.25, 0.3) is 11.6 Å². The highest BCUT2D eigenvalue weighted by Crippen LogP contribution is 2.28. The molecule has 0 radical (unpaired) electrons. The Hall–Kier alpha value is -4.08. The first-order valence-electron chi connectivity index (χ1n) is 11.8. The van der Waals surface area contributed by atoms with Gasteiger partial charge in [-0.2, -0.15) is 0 Å². The molecule has 0 aliphatic carbocycles. The van der Waals surface area contributed by atoms with Crippen LogP contribution in [-0.4, -0.2) is 59.7 Å². The van der Waals surface area contributed by atoms with Crippen molar-refractivity contribution < 1.29 is 18.8 Å². The van der Waals surface area contributed by atoms with Crippen LogP contribution in [0.25, 0.3) is 22.4 Å². The zero-order valence-corrected chi connectivity index (χ0v) is 20.2. The molecule has 2 N–H and O–H groups in total. The van der Waals surface area contributed by atoms with Crippen LogP contribution in [0, 0.1) is 13.8 Å². The van der Waals surface area contributed by atoms with E-state index in [1.54, 1.807) is 37.3 Å². The number of anilines is 2. The second-order valence-corrected chi connectivity index (χ2v) is 8.84. The van der Waals surface area contributed by atoms with Crippen LogP contribution in [0.5, 0.6) is 0 Å². The van der Waals surface area contributed by atoms with Gasteiger partial charge in [-0.1, -0.05) is 35.0 Å². The number of aryl methyl sites for hydroxylation is 2. The summed E-state index contributed by atoms with van der Waals surface area (Å²) in [6.45, 7) is 6.90. The van der Waals surface area contributed by atoms with Gasteiger partial charge in [0.15, 0.2) is 0 Å². The number of carbonyl (C=O) groups excluding carboxylic acids is 2. The molecular formula is C27H27N5O4. The number of hydrogen-bond acceptors (Lipinski definition) is 7. The van der Waals surface area contributed by atoms with Crippen LogP contribution < -0.4 is 10.6 Å². The zero-order valence-electron chi connectivity index (χ0n) is 20.2. The molecule has 0 saturated carbocycles. The molecule has 36 heavy (non-hydrogen) atoms. The number of morpholine rings is 1. The molecular weight excluding hydrogens is 458 g/mol. The van der Waals surface area contributed by atoms with Gasteiger partial charge in [-0.05, 0) is 44.2 Å². The fraction of sp³-hybridized carbons (Fsp3) is 0.259. The highest BCUT2D eigenvalue weighted by Gasteiger charge is 2.20. The number of ether oxygens (including phenoxy) is 1. The van der Waals surface area contributed by atoms with Crippen molar-refractivity contribution >= 4 is 34.3 Å². The van der Waals surface area contributed by atoms with Crippen LogP contribution >= 0.6 is 0 Å². The van der Waals surface area contributed by atoms with E-state index < -0.39 is 0 Å². The van der Waals surface area contributed by atoms with Crippen molar-refractivity contribution in [2.75, 3.05) is 43.5 Å². The Kier molecular flexibility index (Phi) is 6.75. The Bertz CT molecular complexity index is 1390. The number of carbonyl (C=O) groups is 2. The van der Waals surface area contributed by atoms with E-state index >= 15 is 0 Å². The van der Waals surface area contributed by atoms with Gasteiger partial charge in [-0.15, -0.1) is 0 Å². The third-order valence-electron chi connectivity index (χ3n) is 6.11. The first-order valence-corrected chi connectivity index (χ1v) is 11.8. The van der Waals surface area contributed by atoms with Crippen molar-refractivity contribution in [2.24, 2.45) is 0 Å². The highest BCUT2D eigenvalue weighted by molar-refractivity contribution is 6.13. The molecule has 0 spiro atoms. The molecule has 0 atom stereocenters. The molecule has 2 amide bonds. The molecule has 1 fully saturated rings. The Morgan fingerprint density at radius 1 is 0.944 bits per heavy atom. The molecule has 1 aliphatic rings. The minimum atomic E-state index is -0.300. The fourth-order valence-corrected chi connectivity index (χ4v) is 4.14. The molecule has 4 aromatic rings. The minimum Gasteiger partial charge on any atom is -0.379 e. The monoisotopic (exact) mass is 485 g/mol. The maximum Gasteiger partial charge on any atom is 0.259 e. The number of pyridine rings is 1. The molecule has 1 aliphatic heterocycles. The number of rotatable bonds is 6. The molecule has 3 heterocycles. The van der Waals surface area contributed by atoms with E-state index in [0.717, 1.165) is 24.2 Å². The molecule has 0 bridgehead atoms. The predicted octanol–water partition coefficient (Wildman–Crippen LogP) is 4.03. The van der Waals surface area contributed by atoms with Gasteiger partial charge in [0.2, 0.25) is 5.91 Å². The molecule has 9 heteroatoms. The Labute approximate surface area is 208 Å². The maximum atomic E-state index is 13.3. The van der Waals surface area contributed by atoms with Gasteiger partial charge < -0.3 is 19.9 Å². The zero-order chi connectivity index (χ0) is 25.1. The number of nitrogens with zero attached hydrogens (tertiary/aromatic N) is 3. The first-order chi connectivity index (χ1) is 17.5. The number of amides is 2. The second kappa shape index (κ2) is 10.3. The molecule has 9 nitrogen and oxygen atoms in total. The van der Waals surface area contributed by atoms with E-state index in [1.165, 1.54) is 0 Å². The van der Waals surface area contributed by atoms with E-state index in [4.69, 9.17) is 9.26 Å². The van der Waals surface area contributed by atoms with Gasteiger partial charge >= 0.3 is 0 Å². The fourth-order valence-electron chi connectivity index (χ4n) is 4.14. The summed E-state index contributed by atoms with van der Waals surface area (Å²) in [6.07, 6.45) is 0. The Balaban J connectivity index is 1.31. The number of aromatic nitrogens is 2. The van der Waals surface area contributed by atoms with Crippen molar-refractivity contribution in [3.8, 4) is 11.3 Å². The summed E-state index contributed by atoms with van der Waals surface area (Å²) < 4.78 is 10.7. The maximum absolute atomic E-state index is 13.3. The largest absolute Gasteiger partial charge is 0.379 e. The SMILES string of the molecule is Cc1ccc(-c2cc(C(=O)Nc3ccc(NC(=O)CN4CCOCC4)cc3)c3c(C)noc3n2)cc1. The summed E-state index contributed by atoms with van der Waals surface area (Å²) >= 11 is 0. The molecule has 0 unspecified atom stereocenters. The lowest BCUT2D eigenvalue weighted by Gasteiger charge is -2.25. The molecule has 184 valence electrons. The van der Waals surface area contributed by atoms with Crippen molar-refractivity contribution in [2.45, 2.75) is 13.8 Å². The van der Waals surface area contributed by atoms with Crippen LogP contribution in [0.2, 0.25) is 0 Å². The second-order valence-electron chi connectivity index (χ2n) is 8.84. The third kappa shape index (κ3) is 5.27. The molecule has 2 aromatic carbocycles. The van der Waals surface area contributed by atoms with E-state index in [9.17, 15) is 9.59 Å². The van der Waals surface area contributed by atoms with Crippen molar-refractivity contribution in [1.82, 2.24) is 15.0 Å². The van der Waals surface area contributed by atoms with Crippen LogP contribution in [0.1, 0.15) is 21.6 Å². The van der Waals surface area contributed by atoms with Crippen LogP contribution in [0.15, 0.2) is 59.1 Å². The van der Waals surface area contributed by atoms with Gasteiger partial charge in [-0.25, -0.2) is 4.98 Å². The number of fused-ring (bicyclic) bond motifs is 1. The van der Waals surface area contributed by atoms with Crippen molar-refractivity contribution in [3.05, 3.63) is 71.4 Å². The quantitative estimate of drug-likeness (QED) is 0.424. The number of benzene rings is 2. The Morgan fingerprint density at radius 3 is 2.31 bits per heavy atom. The smallest absolute Gasteiger partial charge is 0.259 e. The summed E-state index contributed by atoms with van der Waals surface area (Å²) in [6, 6.07) is 16.7. The summed E-state index contributed by atoms with van der Waals surface area (Å²) in [7, 11) is 0. The molecule has 5 rings (SSSR count). The predicted molar refractivity (Wildman–Crippen MR) is 137 cm³/mol. The van der Waals surface area contributed by atoms with Gasteiger partial charge in [-0.3, -0.25) is 14.5 Å². The minimum absolute atomic E-state index is 0.0839. The van der Waals surface area contributed by atoms with Crippen LogP contribution in [0.3, 0.4) is 0 Å². The summed E-state index contributed by atoms with van der Waals surface area (Å²) in [5.41, 5.74) is 5.23. The summed E-state index contributed by atoms with van der Waals surface area (Å²) in [5.74, 6) is -0.384. The van der Waals surface area contributed by atoms with Crippen LogP contribution in [0.4, 0.5) is 11.4 Å². The van der Waals surface area contributed by atoms with E-state index in [-0.39, 0.29) is 11.8 Å². The summed E-state index contributed by atoms with van der Waals surface area (Å²) in [4.78, 5) is 32.3. The normalized spacial score (nSPS) is 14.1. The van der Waals surface area contributed by atoms with E-state index in [1.807, 2.05) is 31.2 Å². The van der Waals surface area contributed by atoms with Crippen molar-refractivity contribution in [1.29, 1.82) is 0 Å². The van der Waals surface area contributed by atoms with Gasteiger partial charge in [0, 0.05) is 30.0 Å². The lowest BCUT2D eigenvalue weighted by molar-refractivity contribution is -0.118. The Morgan fingerprint density at radius 2 is 1.61 bits per heavy atom. The summed E-state index contributed by atoms with van der Waals surface area (Å²) in [5, 5.41) is 10.4. The van der Waals surface area contributed by atoms with Gasteiger partial charge in [0.05, 0.1) is 42.1 Å². The molecule has 2 aromatic heterocycles. The highest BCUT2D eigenvalue weighted by atomic mass is 16.5. The first kappa shape index (κ1) is 23.7.